The lowest BCUT2D eigenvalue weighted by atomic mass is 9.80. The van der Waals surface area contributed by atoms with Crippen molar-refractivity contribution in [3.63, 3.8) is 0 Å². The van der Waals surface area contributed by atoms with Gasteiger partial charge in [0, 0.05) is 5.92 Å². The molecule has 9 heteroatoms. The van der Waals surface area contributed by atoms with Crippen LogP contribution in [0.5, 0.6) is 0 Å². The van der Waals surface area contributed by atoms with Crippen molar-refractivity contribution in [1.29, 1.82) is 0 Å². The number of carbonyl (C=O) groups is 1. The molecule has 1 aliphatic rings. The normalized spacial score (nSPS) is 24.8. The zero-order valence-corrected chi connectivity index (χ0v) is 11.5. The molecule has 1 heterocycles. The largest absolute Gasteiger partial charge is 0.481 e. The van der Waals surface area contributed by atoms with Crippen LogP contribution in [0.1, 0.15) is 44.3 Å². The van der Waals surface area contributed by atoms with Gasteiger partial charge in [-0.1, -0.05) is 13.3 Å². The number of aliphatic carboxylic acids is 1. The Morgan fingerprint density at radius 3 is 2.81 bits per heavy atom. The van der Waals surface area contributed by atoms with E-state index in [2.05, 4.69) is 15.5 Å². The highest BCUT2D eigenvalue weighted by Crippen LogP contribution is 2.43. The minimum atomic E-state index is -4.20. The molecule has 1 N–H and O–H groups in total. The van der Waals surface area contributed by atoms with Crippen LogP contribution in [0, 0.1) is 11.8 Å². The summed E-state index contributed by atoms with van der Waals surface area (Å²) < 4.78 is 39.8. The van der Waals surface area contributed by atoms with Crippen molar-refractivity contribution in [1.82, 2.24) is 20.2 Å². The lowest BCUT2D eigenvalue weighted by Crippen LogP contribution is -2.29. The van der Waals surface area contributed by atoms with Gasteiger partial charge < -0.3 is 5.11 Å². The molecule has 1 aliphatic carbocycles. The van der Waals surface area contributed by atoms with Crippen LogP contribution >= 0.6 is 0 Å². The molecular formula is C12H17F3N4O2. The van der Waals surface area contributed by atoms with Crippen LogP contribution in [0.3, 0.4) is 0 Å². The van der Waals surface area contributed by atoms with Gasteiger partial charge in [0.2, 0.25) is 0 Å². The molecule has 0 aromatic carbocycles. The van der Waals surface area contributed by atoms with E-state index >= 15 is 0 Å². The molecule has 0 aliphatic heterocycles. The maximum atomic E-state index is 12.8. The fourth-order valence-corrected chi connectivity index (χ4v) is 2.69. The van der Waals surface area contributed by atoms with E-state index in [4.69, 9.17) is 5.11 Å². The minimum absolute atomic E-state index is 0.0364. The molecule has 6 nitrogen and oxygen atoms in total. The molecular weight excluding hydrogens is 289 g/mol. The quantitative estimate of drug-likeness (QED) is 0.922. The predicted octanol–water partition coefficient (Wildman–Crippen LogP) is 2.23. The highest BCUT2D eigenvalue weighted by Gasteiger charge is 2.43. The molecule has 0 bridgehead atoms. The molecule has 1 saturated carbocycles. The highest BCUT2D eigenvalue weighted by molar-refractivity contribution is 5.69. The lowest BCUT2D eigenvalue weighted by molar-refractivity contribution is -0.183. The number of nitrogens with zero attached hydrogens (tertiary/aromatic N) is 4. The number of hydrogen-bond acceptors (Lipinski definition) is 4. The average molecular weight is 306 g/mol. The first kappa shape index (κ1) is 15.7. The van der Waals surface area contributed by atoms with E-state index in [1.165, 1.54) is 11.6 Å². The zero-order valence-electron chi connectivity index (χ0n) is 11.5. The predicted molar refractivity (Wildman–Crippen MR) is 65.4 cm³/mol. The third-order valence-electron chi connectivity index (χ3n) is 3.93. The summed E-state index contributed by atoms with van der Waals surface area (Å²) in [5.41, 5.74) is 0. The van der Waals surface area contributed by atoms with Gasteiger partial charge in [0.15, 0.2) is 5.82 Å². The SMILES string of the molecule is CC(Cn1nnnc1C1CCCC(C(F)(F)F)C1)C(=O)O. The van der Waals surface area contributed by atoms with Crippen LogP contribution in [-0.2, 0) is 11.3 Å². The standard InChI is InChI=1S/C12H17F3N4O2/c1-7(11(20)21)6-19-10(16-17-18-19)8-3-2-4-9(5-8)12(13,14)15/h7-9H,2-6H2,1H3,(H,20,21). The summed E-state index contributed by atoms with van der Waals surface area (Å²) in [5, 5.41) is 19.9. The molecule has 3 atom stereocenters. The topological polar surface area (TPSA) is 80.9 Å². The Bertz CT molecular complexity index is 503. The van der Waals surface area contributed by atoms with Gasteiger partial charge in [-0.25, -0.2) is 4.68 Å². The first-order chi connectivity index (χ1) is 9.79. The van der Waals surface area contributed by atoms with E-state index in [0.29, 0.717) is 18.7 Å². The summed E-state index contributed by atoms with van der Waals surface area (Å²) >= 11 is 0. The van der Waals surface area contributed by atoms with Gasteiger partial charge in [0.05, 0.1) is 18.4 Å². The summed E-state index contributed by atoms with van der Waals surface area (Å²) in [4.78, 5) is 10.9. The molecule has 1 aromatic rings. The molecule has 0 radical (unpaired) electrons. The Morgan fingerprint density at radius 1 is 1.48 bits per heavy atom. The number of aromatic nitrogens is 4. The average Bonchev–Trinajstić information content (AvgIpc) is 2.86. The number of rotatable bonds is 4. The first-order valence-corrected chi connectivity index (χ1v) is 6.84. The fraction of sp³-hybridized carbons (Fsp3) is 0.833. The fourth-order valence-electron chi connectivity index (χ4n) is 2.69. The minimum Gasteiger partial charge on any atom is -0.481 e. The van der Waals surface area contributed by atoms with Gasteiger partial charge in [-0.05, 0) is 29.7 Å². The summed E-state index contributed by atoms with van der Waals surface area (Å²) in [7, 11) is 0. The number of halogens is 3. The second-order valence-electron chi connectivity index (χ2n) is 5.56. The van der Waals surface area contributed by atoms with Crippen molar-refractivity contribution in [3.05, 3.63) is 5.82 Å². The summed E-state index contributed by atoms with van der Waals surface area (Å²) in [6, 6.07) is 0. The molecule has 2 rings (SSSR count). The second-order valence-corrected chi connectivity index (χ2v) is 5.56. The Hall–Kier alpha value is -1.67. The Kier molecular flexibility index (Phi) is 4.48. The monoisotopic (exact) mass is 306 g/mol. The van der Waals surface area contributed by atoms with Gasteiger partial charge in [0.25, 0.3) is 0 Å². The number of carboxylic acids is 1. The van der Waals surface area contributed by atoms with Crippen LogP contribution in [0.25, 0.3) is 0 Å². The van der Waals surface area contributed by atoms with E-state index in [0.717, 1.165) is 0 Å². The van der Waals surface area contributed by atoms with E-state index in [-0.39, 0.29) is 25.3 Å². The number of hydrogen-bond donors (Lipinski definition) is 1. The van der Waals surface area contributed by atoms with Gasteiger partial charge in [0.1, 0.15) is 0 Å². The number of alkyl halides is 3. The number of carboxylic acid groups (broad SMARTS) is 1. The van der Waals surface area contributed by atoms with Crippen molar-refractivity contribution >= 4 is 5.97 Å². The van der Waals surface area contributed by atoms with Crippen molar-refractivity contribution in [2.75, 3.05) is 0 Å². The third-order valence-corrected chi connectivity index (χ3v) is 3.93. The van der Waals surface area contributed by atoms with Gasteiger partial charge >= 0.3 is 12.1 Å². The zero-order chi connectivity index (χ0) is 15.6. The lowest BCUT2D eigenvalue weighted by Gasteiger charge is -2.29. The summed E-state index contributed by atoms with van der Waals surface area (Å²) in [6.45, 7) is 1.57. The van der Waals surface area contributed by atoms with Crippen LogP contribution in [0.4, 0.5) is 13.2 Å². The maximum Gasteiger partial charge on any atom is 0.391 e. The molecule has 1 aromatic heterocycles. The molecule has 1 fully saturated rings. The van der Waals surface area contributed by atoms with Crippen LogP contribution in [-0.4, -0.2) is 37.5 Å². The Labute approximate surface area is 119 Å². The van der Waals surface area contributed by atoms with E-state index in [1.807, 2.05) is 0 Å². The van der Waals surface area contributed by atoms with Crippen LogP contribution < -0.4 is 0 Å². The molecule has 0 saturated heterocycles. The highest BCUT2D eigenvalue weighted by atomic mass is 19.4. The van der Waals surface area contributed by atoms with Crippen molar-refractivity contribution < 1.29 is 23.1 Å². The summed E-state index contributed by atoms with van der Waals surface area (Å²) in [6.07, 6.45) is -3.05. The van der Waals surface area contributed by atoms with Crippen LogP contribution in [0.2, 0.25) is 0 Å². The third kappa shape index (κ3) is 3.70. The maximum absolute atomic E-state index is 12.8. The Morgan fingerprint density at radius 2 is 2.19 bits per heavy atom. The summed E-state index contributed by atoms with van der Waals surface area (Å²) in [5.74, 6) is -3.04. The van der Waals surface area contributed by atoms with E-state index in [1.54, 1.807) is 0 Å². The van der Waals surface area contributed by atoms with Gasteiger partial charge in [-0.2, -0.15) is 13.2 Å². The van der Waals surface area contributed by atoms with Crippen molar-refractivity contribution in [2.24, 2.45) is 11.8 Å². The van der Waals surface area contributed by atoms with Crippen molar-refractivity contribution in [2.45, 2.75) is 51.2 Å². The van der Waals surface area contributed by atoms with Crippen LogP contribution in [0.15, 0.2) is 0 Å². The molecule has 0 spiro atoms. The number of tetrazole rings is 1. The smallest absolute Gasteiger partial charge is 0.391 e. The van der Waals surface area contributed by atoms with Crippen molar-refractivity contribution in [3.8, 4) is 0 Å². The van der Waals surface area contributed by atoms with E-state index < -0.39 is 24.0 Å². The van der Waals surface area contributed by atoms with E-state index in [9.17, 15) is 18.0 Å². The second kappa shape index (κ2) is 5.98. The molecule has 3 unspecified atom stereocenters. The first-order valence-electron chi connectivity index (χ1n) is 6.84. The van der Waals surface area contributed by atoms with Gasteiger partial charge in [-0.3, -0.25) is 4.79 Å². The molecule has 21 heavy (non-hydrogen) atoms. The molecule has 118 valence electrons. The Balaban J connectivity index is 2.11. The van der Waals surface area contributed by atoms with Gasteiger partial charge in [-0.15, -0.1) is 5.10 Å². The molecule has 0 amide bonds.